The van der Waals surface area contributed by atoms with Gasteiger partial charge in [0.05, 0.1) is 11.0 Å². The van der Waals surface area contributed by atoms with Crippen LogP contribution in [-0.4, -0.2) is 11.3 Å². The molecule has 1 aromatic carbocycles. The number of halogens is 3. The van der Waals surface area contributed by atoms with Crippen molar-refractivity contribution in [3.05, 3.63) is 33.9 Å². The van der Waals surface area contributed by atoms with Crippen LogP contribution in [0.3, 0.4) is 0 Å². The molecule has 0 amide bonds. The molecule has 0 fully saturated rings. The minimum absolute atomic E-state index is 0.115. The van der Waals surface area contributed by atoms with Gasteiger partial charge in [0.2, 0.25) is 0 Å². The summed E-state index contributed by atoms with van der Waals surface area (Å²) in [5, 5.41) is 10.4. The summed E-state index contributed by atoms with van der Waals surface area (Å²) in [4.78, 5) is 9.60. The summed E-state index contributed by atoms with van der Waals surface area (Å²) in [6.07, 6.45) is -4.89. The second-order valence-electron chi connectivity index (χ2n) is 2.84. The molecular formula is C8H7F3N2O3. The number of nitro groups is 1. The lowest BCUT2D eigenvalue weighted by Crippen LogP contribution is -2.17. The standard InChI is InChI=1S/C8H7F3N2O3/c9-8(10,11)16-7-2-5(4-12)1-6(3-7)13(14)15/h1-3H,4,12H2. The fourth-order valence-electron chi connectivity index (χ4n) is 1.06. The number of ether oxygens (including phenoxy) is 1. The van der Waals surface area contributed by atoms with Crippen molar-refractivity contribution in [3.63, 3.8) is 0 Å². The first kappa shape index (κ1) is 12.2. The minimum atomic E-state index is -4.89. The van der Waals surface area contributed by atoms with Crippen molar-refractivity contribution in [3.8, 4) is 5.75 Å². The van der Waals surface area contributed by atoms with Crippen molar-refractivity contribution < 1.29 is 22.8 Å². The Bertz CT molecular complexity index is 406. The van der Waals surface area contributed by atoms with Gasteiger partial charge < -0.3 is 10.5 Å². The molecular weight excluding hydrogens is 229 g/mol. The van der Waals surface area contributed by atoms with Crippen LogP contribution in [0.2, 0.25) is 0 Å². The Kier molecular flexibility index (Phi) is 3.33. The van der Waals surface area contributed by atoms with Crippen molar-refractivity contribution >= 4 is 5.69 Å². The van der Waals surface area contributed by atoms with Crippen molar-refractivity contribution in [2.45, 2.75) is 12.9 Å². The second kappa shape index (κ2) is 4.35. The number of hydrogen-bond acceptors (Lipinski definition) is 4. The molecule has 16 heavy (non-hydrogen) atoms. The van der Waals surface area contributed by atoms with Gasteiger partial charge >= 0.3 is 6.36 Å². The number of non-ortho nitro benzene ring substituents is 1. The number of nitro benzene ring substituents is 1. The van der Waals surface area contributed by atoms with E-state index >= 15 is 0 Å². The molecule has 0 atom stereocenters. The molecule has 0 aromatic heterocycles. The quantitative estimate of drug-likeness (QED) is 0.642. The van der Waals surface area contributed by atoms with Gasteiger partial charge in [-0.05, 0) is 11.6 Å². The molecule has 0 heterocycles. The maximum Gasteiger partial charge on any atom is 0.573 e. The van der Waals surface area contributed by atoms with E-state index < -0.39 is 22.7 Å². The number of nitrogens with two attached hydrogens (primary N) is 1. The molecule has 88 valence electrons. The Morgan fingerprint density at radius 1 is 1.38 bits per heavy atom. The first-order valence-corrected chi connectivity index (χ1v) is 4.06. The highest BCUT2D eigenvalue weighted by Crippen LogP contribution is 2.27. The summed E-state index contributed by atoms with van der Waals surface area (Å²) in [6, 6.07) is 2.77. The van der Waals surface area contributed by atoms with Gasteiger partial charge in [-0.15, -0.1) is 13.2 Å². The molecule has 1 rings (SSSR count). The number of alkyl halides is 3. The molecule has 0 spiro atoms. The number of rotatable bonds is 3. The van der Waals surface area contributed by atoms with E-state index in [2.05, 4.69) is 4.74 Å². The average molecular weight is 236 g/mol. The van der Waals surface area contributed by atoms with Crippen molar-refractivity contribution in [2.75, 3.05) is 0 Å². The first-order chi connectivity index (χ1) is 7.31. The molecule has 5 nitrogen and oxygen atoms in total. The van der Waals surface area contributed by atoms with Crippen molar-refractivity contribution in [1.29, 1.82) is 0 Å². The van der Waals surface area contributed by atoms with E-state index in [9.17, 15) is 23.3 Å². The Balaban J connectivity index is 3.09. The van der Waals surface area contributed by atoms with Crippen molar-refractivity contribution in [1.82, 2.24) is 0 Å². The largest absolute Gasteiger partial charge is 0.573 e. The summed E-state index contributed by atoms with van der Waals surface area (Å²) < 4.78 is 39.2. The van der Waals surface area contributed by atoms with Crippen LogP contribution in [0.25, 0.3) is 0 Å². The lowest BCUT2D eigenvalue weighted by atomic mass is 10.2. The van der Waals surface area contributed by atoms with E-state index in [4.69, 9.17) is 5.73 Å². The summed E-state index contributed by atoms with van der Waals surface area (Å²) >= 11 is 0. The topological polar surface area (TPSA) is 78.4 Å². The second-order valence-corrected chi connectivity index (χ2v) is 2.84. The van der Waals surface area contributed by atoms with Crippen LogP contribution in [0.1, 0.15) is 5.56 Å². The molecule has 0 unspecified atom stereocenters. The zero-order chi connectivity index (χ0) is 12.3. The molecule has 0 aliphatic heterocycles. The fourth-order valence-corrected chi connectivity index (χ4v) is 1.06. The lowest BCUT2D eigenvalue weighted by Gasteiger charge is -2.09. The SMILES string of the molecule is NCc1cc(OC(F)(F)F)cc([N+](=O)[O-])c1. The summed E-state index contributed by atoms with van der Waals surface area (Å²) in [6.45, 7) is -0.115. The van der Waals surface area contributed by atoms with Crippen LogP contribution in [0.15, 0.2) is 18.2 Å². The zero-order valence-electron chi connectivity index (χ0n) is 7.82. The molecule has 1 aromatic rings. The monoisotopic (exact) mass is 236 g/mol. The van der Waals surface area contributed by atoms with Gasteiger partial charge in [0.25, 0.3) is 5.69 Å². The Morgan fingerprint density at radius 3 is 2.44 bits per heavy atom. The van der Waals surface area contributed by atoms with E-state index in [0.29, 0.717) is 6.07 Å². The molecule has 8 heteroatoms. The average Bonchev–Trinajstić information content (AvgIpc) is 2.14. The van der Waals surface area contributed by atoms with E-state index in [1.807, 2.05) is 0 Å². The third kappa shape index (κ3) is 3.39. The van der Waals surface area contributed by atoms with Crippen LogP contribution in [0.4, 0.5) is 18.9 Å². The van der Waals surface area contributed by atoms with Gasteiger partial charge in [-0.1, -0.05) is 0 Å². The fraction of sp³-hybridized carbons (Fsp3) is 0.250. The molecule has 0 bridgehead atoms. The van der Waals surface area contributed by atoms with Crippen LogP contribution in [-0.2, 0) is 6.54 Å². The van der Waals surface area contributed by atoms with Crippen LogP contribution >= 0.6 is 0 Å². The summed E-state index contributed by atoms with van der Waals surface area (Å²) in [5.41, 5.74) is 4.88. The van der Waals surface area contributed by atoms with Gasteiger partial charge in [-0.2, -0.15) is 0 Å². The van der Waals surface area contributed by atoms with Gasteiger partial charge in [-0.25, -0.2) is 0 Å². The van der Waals surface area contributed by atoms with E-state index in [-0.39, 0.29) is 12.1 Å². The summed E-state index contributed by atoms with van der Waals surface area (Å²) in [7, 11) is 0. The van der Waals surface area contributed by atoms with Crippen LogP contribution < -0.4 is 10.5 Å². The predicted molar refractivity (Wildman–Crippen MR) is 47.7 cm³/mol. The Labute approximate surface area is 87.8 Å². The maximum absolute atomic E-state index is 11.9. The maximum atomic E-state index is 11.9. The van der Waals surface area contributed by atoms with Gasteiger partial charge in [0.1, 0.15) is 5.75 Å². The van der Waals surface area contributed by atoms with Crippen molar-refractivity contribution in [2.24, 2.45) is 5.73 Å². The zero-order valence-corrected chi connectivity index (χ0v) is 7.82. The smallest absolute Gasteiger partial charge is 0.406 e. The van der Waals surface area contributed by atoms with Crippen LogP contribution in [0.5, 0.6) is 5.75 Å². The van der Waals surface area contributed by atoms with Gasteiger partial charge in [0, 0.05) is 12.6 Å². The van der Waals surface area contributed by atoms with Gasteiger partial charge in [-0.3, -0.25) is 10.1 Å². The number of hydrogen-bond donors (Lipinski definition) is 1. The first-order valence-electron chi connectivity index (χ1n) is 4.06. The lowest BCUT2D eigenvalue weighted by molar-refractivity contribution is -0.385. The highest BCUT2D eigenvalue weighted by Gasteiger charge is 2.31. The minimum Gasteiger partial charge on any atom is -0.406 e. The molecule has 0 aliphatic rings. The highest BCUT2D eigenvalue weighted by atomic mass is 19.4. The summed E-state index contributed by atoms with van der Waals surface area (Å²) in [5.74, 6) is -0.651. The highest BCUT2D eigenvalue weighted by molar-refractivity contribution is 5.42. The molecule has 2 N–H and O–H groups in total. The number of benzene rings is 1. The van der Waals surface area contributed by atoms with Crippen LogP contribution in [0, 0.1) is 10.1 Å². The van der Waals surface area contributed by atoms with Gasteiger partial charge in [0.15, 0.2) is 0 Å². The molecule has 0 saturated carbocycles. The number of nitrogens with zero attached hydrogens (tertiary/aromatic N) is 1. The normalized spacial score (nSPS) is 11.2. The van der Waals surface area contributed by atoms with E-state index in [1.54, 1.807) is 0 Å². The third-order valence-electron chi connectivity index (χ3n) is 1.63. The molecule has 0 radical (unpaired) electrons. The van der Waals surface area contributed by atoms with E-state index in [1.165, 1.54) is 0 Å². The Hall–Kier alpha value is -1.83. The molecule has 0 saturated heterocycles. The third-order valence-corrected chi connectivity index (χ3v) is 1.63. The van der Waals surface area contributed by atoms with E-state index in [0.717, 1.165) is 12.1 Å². The Morgan fingerprint density at radius 2 is 2.00 bits per heavy atom. The predicted octanol–water partition coefficient (Wildman–Crippen LogP) is 1.95. The molecule has 0 aliphatic carbocycles.